The maximum absolute atomic E-state index is 13.1. The fourth-order valence-corrected chi connectivity index (χ4v) is 4.73. The molecule has 0 saturated heterocycles. The van der Waals surface area contributed by atoms with Crippen molar-refractivity contribution in [2.75, 3.05) is 43.4 Å². The average Bonchev–Trinajstić information content (AvgIpc) is 3.29. The number of rotatable bonds is 9. The Morgan fingerprint density at radius 3 is 2.24 bits per heavy atom. The highest BCUT2D eigenvalue weighted by molar-refractivity contribution is 7.22. The number of thiazole rings is 1. The molecule has 4 aromatic rings. The second-order valence-corrected chi connectivity index (χ2v) is 9.17. The number of benzene rings is 3. The van der Waals surface area contributed by atoms with E-state index >= 15 is 0 Å². The summed E-state index contributed by atoms with van der Waals surface area (Å²) in [6.07, 6.45) is 0. The third-order valence-electron chi connectivity index (χ3n) is 5.93. The Morgan fingerprint density at radius 2 is 1.59 bits per heavy atom. The van der Waals surface area contributed by atoms with Crippen LogP contribution in [0.1, 0.15) is 24.2 Å². The van der Waals surface area contributed by atoms with Gasteiger partial charge in [0, 0.05) is 31.4 Å². The Bertz CT molecular complexity index is 1250. The molecule has 1 aromatic heterocycles. The van der Waals surface area contributed by atoms with Crippen LogP contribution in [-0.2, 0) is 0 Å². The van der Waals surface area contributed by atoms with Gasteiger partial charge < -0.3 is 15.1 Å². The van der Waals surface area contributed by atoms with Gasteiger partial charge in [-0.1, -0.05) is 49.4 Å². The topological polar surface area (TPSA) is 48.5 Å². The first-order valence-corrected chi connectivity index (χ1v) is 12.3. The first-order valence-electron chi connectivity index (χ1n) is 11.5. The molecule has 0 radical (unpaired) electrons. The fraction of sp³-hybridized carbons (Fsp3) is 0.259. The van der Waals surface area contributed by atoms with Crippen molar-refractivity contribution < 1.29 is 9.18 Å². The number of hydrogen-bond donors (Lipinski definition) is 1. The standard InChI is InChI=1S/C27H29FN4OS/c1-4-32(5-2)17-16-31(3)27-30-24-15-14-23(18-25(24)34-27)29-26(33)21-8-6-19(7-9-21)20-10-12-22(28)13-11-20/h6-15,18H,4-5,16-17H2,1-3H3,(H,29,33). The molecule has 7 heteroatoms. The molecule has 0 bridgehead atoms. The number of fused-ring (bicyclic) bond motifs is 1. The molecule has 1 amide bonds. The van der Waals surface area contributed by atoms with Crippen LogP contribution < -0.4 is 10.2 Å². The molecule has 1 N–H and O–H groups in total. The van der Waals surface area contributed by atoms with Gasteiger partial charge in [-0.05, 0) is 66.7 Å². The number of likely N-dealkylation sites (N-methyl/N-ethyl adjacent to an activating group) is 2. The first kappa shape index (κ1) is 23.9. The monoisotopic (exact) mass is 476 g/mol. The molecule has 0 atom stereocenters. The van der Waals surface area contributed by atoms with E-state index in [1.807, 2.05) is 30.3 Å². The summed E-state index contributed by atoms with van der Waals surface area (Å²) in [6, 6.07) is 19.4. The largest absolute Gasteiger partial charge is 0.350 e. The molecular weight excluding hydrogens is 447 g/mol. The molecule has 0 aliphatic heterocycles. The average molecular weight is 477 g/mol. The smallest absolute Gasteiger partial charge is 0.255 e. The minimum absolute atomic E-state index is 0.175. The van der Waals surface area contributed by atoms with Crippen LogP contribution in [0, 0.1) is 5.82 Å². The molecule has 0 aliphatic carbocycles. The van der Waals surface area contributed by atoms with Gasteiger partial charge in [-0.15, -0.1) is 0 Å². The van der Waals surface area contributed by atoms with Gasteiger partial charge in [-0.2, -0.15) is 0 Å². The zero-order valence-corrected chi connectivity index (χ0v) is 20.5. The summed E-state index contributed by atoms with van der Waals surface area (Å²) in [6.45, 7) is 8.36. The van der Waals surface area contributed by atoms with Crippen molar-refractivity contribution in [3.8, 4) is 11.1 Å². The minimum Gasteiger partial charge on any atom is -0.350 e. The highest BCUT2D eigenvalue weighted by atomic mass is 32.1. The van der Waals surface area contributed by atoms with E-state index in [1.165, 1.54) is 12.1 Å². The van der Waals surface area contributed by atoms with Crippen molar-refractivity contribution in [2.24, 2.45) is 0 Å². The number of hydrogen-bond acceptors (Lipinski definition) is 5. The fourth-order valence-electron chi connectivity index (χ4n) is 3.74. The highest BCUT2D eigenvalue weighted by Gasteiger charge is 2.12. The number of amides is 1. The van der Waals surface area contributed by atoms with E-state index in [-0.39, 0.29) is 11.7 Å². The second-order valence-electron chi connectivity index (χ2n) is 8.17. The molecule has 4 rings (SSSR count). The molecule has 5 nitrogen and oxygen atoms in total. The van der Waals surface area contributed by atoms with Crippen LogP contribution in [0.15, 0.2) is 66.7 Å². The number of nitrogens with zero attached hydrogens (tertiary/aromatic N) is 3. The Balaban J connectivity index is 1.42. The van der Waals surface area contributed by atoms with Gasteiger partial charge in [0.25, 0.3) is 5.91 Å². The third-order valence-corrected chi connectivity index (χ3v) is 7.06. The van der Waals surface area contributed by atoms with E-state index < -0.39 is 0 Å². The van der Waals surface area contributed by atoms with Crippen molar-refractivity contribution in [2.45, 2.75) is 13.8 Å². The van der Waals surface area contributed by atoms with Crippen molar-refractivity contribution in [3.05, 3.63) is 78.1 Å². The summed E-state index contributed by atoms with van der Waals surface area (Å²) >= 11 is 1.63. The summed E-state index contributed by atoms with van der Waals surface area (Å²) in [5.74, 6) is -0.442. The van der Waals surface area contributed by atoms with E-state index in [0.717, 1.165) is 58.3 Å². The minimum atomic E-state index is -0.268. The Kier molecular flexibility index (Phi) is 7.55. The number of halogens is 1. The quantitative estimate of drug-likeness (QED) is 0.316. The SMILES string of the molecule is CCN(CC)CCN(C)c1nc2ccc(NC(=O)c3ccc(-c4ccc(F)cc4)cc3)cc2s1. The van der Waals surface area contributed by atoms with Crippen molar-refractivity contribution in [1.82, 2.24) is 9.88 Å². The molecule has 0 unspecified atom stereocenters. The molecule has 0 saturated carbocycles. The van der Waals surface area contributed by atoms with Crippen LogP contribution in [0.4, 0.5) is 15.2 Å². The van der Waals surface area contributed by atoms with E-state index in [2.05, 4.69) is 36.0 Å². The van der Waals surface area contributed by atoms with Crippen LogP contribution in [0.25, 0.3) is 21.3 Å². The number of carbonyl (C=O) groups excluding carboxylic acids is 1. The van der Waals surface area contributed by atoms with Crippen LogP contribution in [0.5, 0.6) is 0 Å². The molecule has 3 aromatic carbocycles. The molecule has 0 fully saturated rings. The summed E-state index contributed by atoms with van der Waals surface area (Å²) in [5, 5.41) is 3.96. The van der Waals surface area contributed by atoms with Gasteiger partial charge in [0.1, 0.15) is 5.82 Å². The maximum Gasteiger partial charge on any atom is 0.255 e. The molecule has 0 aliphatic rings. The van der Waals surface area contributed by atoms with Crippen molar-refractivity contribution in [3.63, 3.8) is 0 Å². The first-order chi connectivity index (χ1) is 16.5. The maximum atomic E-state index is 13.1. The van der Waals surface area contributed by atoms with E-state index in [1.54, 1.807) is 35.6 Å². The summed E-state index contributed by atoms with van der Waals surface area (Å²) in [7, 11) is 2.07. The van der Waals surface area contributed by atoms with Crippen molar-refractivity contribution >= 4 is 38.3 Å². The van der Waals surface area contributed by atoms with E-state index in [0.29, 0.717) is 5.56 Å². The lowest BCUT2D eigenvalue weighted by atomic mass is 10.0. The molecular formula is C27H29FN4OS. The second kappa shape index (κ2) is 10.8. The molecule has 34 heavy (non-hydrogen) atoms. The predicted octanol–water partition coefficient (Wildman–Crippen LogP) is 6.13. The molecule has 1 heterocycles. The molecule has 176 valence electrons. The van der Waals surface area contributed by atoms with Gasteiger partial charge in [-0.25, -0.2) is 9.37 Å². The van der Waals surface area contributed by atoms with E-state index in [4.69, 9.17) is 4.98 Å². The van der Waals surface area contributed by atoms with Crippen LogP contribution in [0.3, 0.4) is 0 Å². The Labute approximate surface area is 203 Å². The number of anilines is 2. The van der Waals surface area contributed by atoms with Crippen LogP contribution in [0.2, 0.25) is 0 Å². The zero-order chi connectivity index (χ0) is 24.1. The normalized spacial score (nSPS) is 11.2. The Morgan fingerprint density at radius 1 is 0.941 bits per heavy atom. The van der Waals surface area contributed by atoms with Crippen LogP contribution in [-0.4, -0.2) is 49.0 Å². The molecule has 0 spiro atoms. The lowest BCUT2D eigenvalue weighted by molar-refractivity contribution is 0.102. The zero-order valence-electron chi connectivity index (χ0n) is 19.7. The predicted molar refractivity (Wildman–Crippen MR) is 140 cm³/mol. The summed E-state index contributed by atoms with van der Waals surface area (Å²) in [4.78, 5) is 22.1. The third kappa shape index (κ3) is 5.61. The van der Waals surface area contributed by atoms with E-state index in [9.17, 15) is 9.18 Å². The Hall–Kier alpha value is -3.29. The van der Waals surface area contributed by atoms with Gasteiger partial charge in [0.05, 0.1) is 10.2 Å². The van der Waals surface area contributed by atoms with Crippen LogP contribution >= 0.6 is 11.3 Å². The number of aromatic nitrogens is 1. The van der Waals surface area contributed by atoms with Gasteiger partial charge >= 0.3 is 0 Å². The number of nitrogens with one attached hydrogen (secondary N) is 1. The van der Waals surface area contributed by atoms with Gasteiger partial charge in [-0.3, -0.25) is 4.79 Å². The summed E-state index contributed by atoms with van der Waals surface area (Å²) in [5.41, 5.74) is 4.06. The lowest BCUT2D eigenvalue weighted by Crippen LogP contribution is -2.32. The lowest BCUT2D eigenvalue weighted by Gasteiger charge is -2.22. The van der Waals surface area contributed by atoms with Gasteiger partial charge in [0.2, 0.25) is 0 Å². The highest BCUT2D eigenvalue weighted by Crippen LogP contribution is 2.30. The van der Waals surface area contributed by atoms with Gasteiger partial charge in [0.15, 0.2) is 5.13 Å². The van der Waals surface area contributed by atoms with Crippen molar-refractivity contribution in [1.29, 1.82) is 0 Å². The summed E-state index contributed by atoms with van der Waals surface area (Å²) < 4.78 is 14.2. The number of carbonyl (C=O) groups is 1.